The van der Waals surface area contributed by atoms with Crippen LogP contribution in [0.4, 0.5) is 0 Å². The number of phenolic OH excluding ortho intramolecular Hbond substituents is 2. The molecule has 0 saturated carbocycles. The minimum Gasteiger partial charge on any atom is -0.507 e. The van der Waals surface area contributed by atoms with Crippen molar-refractivity contribution >= 4 is 29.3 Å². The Morgan fingerprint density at radius 3 is 2.29 bits per heavy atom. The average Bonchev–Trinajstić information content (AvgIpc) is 2.97. The van der Waals surface area contributed by atoms with Gasteiger partial charge < -0.3 is 44.1 Å². The highest BCUT2D eigenvalue weighted by atomic mass is 16.7. The molecule has 5 rings (SSSR count). The number of fused-ring (bicyclic) bond motifs is 3. The average molecular weight is 629 g/mol. The first-order valence-electron chi connectivity index (χ1n) is 14.1. The highest BCUT2D eigenvalue weighted by molar-refractivity contribution is 6.31. The monoisotopic (exact) mass is 628 g/mol. The Morgan fingerprint density at radius 1 is 1.00 bits per heavy atom. The number of aliphatic hydroxyl groups excluding tert-OH is 1. The summed E-state index contributed by atoms with van der Waals surface area (Å²) in [6, 6.07) is 4.30. The molecule has 0 bridgehead atoms. The van der Waals surface area contributed by atoms with E-state index in [0.29, 0.717) is 0 Å². The molecule has 14 heteroatoms. The number of Topliss-reactive ketones (excluding diaryl/α,β-unsaturated/α-hetero) is 1. The van der Waals surface area contributed by atoms with Gasteiger partial charge in [0.05, 0.1) is 36.0 Å². The van der Waals surface area contributed by atoms with E-state index in [9.17, 15) is 44.4 Å². The normalized spacial score (nSPS) is 27.1. The second-order valence-electron chi connectivity index (χ2n) is 11.2. The Bertz CT molecular complexity index is 1610. The Kier molecular flexibility index (Phi) is 8.44. The van der Waals surface area contributed by atoms with Gasteiger partial charge in [0.2, 0.25) is 5.78 Å². The van der Waals surface area contributed by atoms with Crippen LogP contribution in [-0.4, -0.2) is 93.6 Å². The molecular formula is C31H32O14. The van der Waals surface area contributed by atoms with Crippen molar-refractivity contribution in [3.05, 3.63) is 51.6 Å². The molecule has 2 aliphatic carbocycles. The molecule has 2 aromatic rings. The molecule has 240 valence electrons. The van der Waals surface area contributed by atoms with Gasteiger partial charge in [-0.2, -0.15) is 0 Å². The third-order valence-corrected chi connectivity index (χ3v) is 8.29. The number of carbonyl (C=O) groups is 5. The zero-order valence-electron chi connectivity index (χ0n) is 24.8. The number of ether oxygens (including phenoxy) is 5. The molecule has 4 N–H and O–H groups in total. The maximum atomic E-state index is 13.8. The van der Waals surface area contributed by atoms with Gasteiger partial charge in [-0.3, -0.25) is 24.0 Å². The lowest BCUT2D eigenvalue weighted by Gasteiger charge is -2.43. The smallest absolute Gasteiger partial charge is 0.303 e. The van der Waals surface area contributed by atoms with Gasteiger partial charge in [-0.25, -0.2) is 0 Å². The standard InChI is InChI=1S/C31H32O14/c1-12-30(44-14(3)34)18(43-13(2)33)8-21(42-12)45-19-10-31(40,20(35)11-32)9-16-23(19)29(39)25-24(27(16)37)26(36)15-6-5-7-17(41-4)22(15)28(25)38/h5-7,12,18-19,21,30,32,37,39-40H,8-11H2,1-4H3/t12-,18-,19?,21-,30+,31?/m0/s1. The fraction of sp³-hybridized carbons (Fsp3) is 0.452. The molecule has 0 radical (unpaired) electrons. The minimum atomic E-state index is -2.33. The first-order valence-corrected chi connectivity index (χ1v) is 14.1. The Labute approximate surface area is 256 Å². The summed E-state index contributed by atoms with van der Waals surface area (Å²) >= 11 is 0. The molecule has 6 atom stereocenters. The van der Waals surface area contributed by atoms with Gasteiger partial charge in [-0.15, -0.1) is 0 Å². The number of esters is 2. The molecule has 0 amide bonds. The molecule has 2 unspecified atom stereocenters. The van der Waals surface area contributed by atoms with Crippen molar-refractivity contribution in [2.45, 2.75) is 76.3 Å². The zero-order chi connectivity index (χ0) is 33.0. The van der Waals surface area contributed by atoms with Crippen molar-refractivity contribution in [2.75, 3.05) is 13.7 Å². The van der Waals surface area contributed by atoms with Crippen LogP contribution in [0, 0.1) is 0 Å². The van der Waals surface area contributed by atoms with Gasteiger partial charge in [0.25, 0.3) is 0 Å². The molecule has 1 fully saturated rings. The van der Waals surface area contributed by atoms with Crippen molar-refractivity contribution in [3.8, 4) is 17.2 Å². The quantitative estimate of drug-likeness (QED) is 0.214. The van der Waals surface area contributed by atoms with Crippen LogP contribution in [0.2, 0.25) is 0 Å². The molecule has 1 saturated heterocycles. The number of methoxy groups -OCH3 is 1. The number of hydrogen-bond donors (Lipinski definition) is 4. The summed E-state index contributed by atoms with van der Waals surface area (Å²) < 4.78 is 28.0. The van der Waals surface area contributed by atoms with Gasteiger partial charge in [-0.1, -0.05) is 12.1 Å². The van der Waals surface area contributed by atoms with Crippen molar-refractivity contribution in [1.29, 1.82) is 0 Å². The van der Waals surface area contributed by atoms with E-state index in [1.54, 1.807) is 0 Å². The van der Waals surface area contributed by atoms with E-state index in [1.807, 2.05) is 0 Å². The number of aliphatic hydroxyl groups is 2. The van der Waals surface area contributed by atoms with E-state index in [2.05, 4.69) is 0 Å². The summed E-state index contributed by atoms with van der Waals surface area (Å²) in [5.41, 5.74) is -4.04. The molecule has 1 heterocycles. The summed E-state index contributed by atoms with van der Waals surface area (Å²) in [4.78, 5) is 63.7. The van der Waals surface area contributed by atoms with E-state index in [0.717, 1.165) is 6.92 Å². The first-order chi connectivity index (χ1) is 21.2. The Hall–Kier alpha value is -4.37. The largest absolute Gasteiger partial charge is 0.507 e. The first kappa shape index (κ1) is 32.0. The number of ketones is 3. The predicted octanol–water partition coefficient (Wildman–Crippen LogP) is 1.18. The van der Waals surface area contributed by atoms with Gasteiger partial charge >= 0.3 is 11.9 Å². The fourth-order valence-corrected chi connectivity index (χ4v) is 6.36. The van der Waals surface area contributed by atoms with Crippen LogP contribution < -0.4 is 4.74 Å². The lowest BCUT2D eigenvalue weighted by atomic mass is 9.72. The van der Waals surface area contributed by atoms with Crippen LogP contribution in [0.15, 0.2) is 18.2 Å². The molecule has 0 aromatic heterocycles. The van der Waals surface area contributed by atoms with E-state index in [-0.39, 0.29) is 34.4 Å². The highest BCUT2D eigenvalue weighted by Crippen LogP contribution is 2.52. The van der Waals surface area contributed by atoms with Gasteiger partial charge in [0.15, 0.2) is 24.0 Å². The number of benzene rings is 2. The molecule has 3 aliphatic rings. The molecule has 14 nitrogen and oxygen atoms in total. The van der Waals surface area contributed by atoms with Crippen LogP contribution in [0.1, 0.15) is 82.7 Å². The van der Waals surface area contributed by atoms with Gasteiger partial charge in [0, 0.05) is 49.8 Å². The topological polar surface area (TPSA) is 212 Å². The lowest BCUT2D eigenvalue weighted by molar-refractivity contribution is -0.272. The lowest BCUT2D eigenvalue weighted by Crippen LogP contribution is -2.52. The van der Waals surface area contributed by atoms with Gasteiger partial charge in [-0.05, 0) is 13.0 Å². The number of carbonyl (C=O) groups excluding carboxylic acids is 5. The van der Waals surface area contributed by atoms with Gasteiger partial charge in [0.1, 0.15) is 35.6 Å². The summed E-state index contributed by atoms with van der Waals surface area (Å²) in [5, 5.41) is 44.1. The third-order valence-electron chi connectivity index (χ3n) is 8.29. The zero-order valence-corrected chi connectivity index (χ0v) is 24.8. The predicted molar refractivity (Wildman–Crippen MR) is 149 cm³/mol. The summed E-state index contributed by atoms with van der Waals surface area (Å²) in [5.74, 6) is -5.40. The van der Waals surface area contributed by atoms with Crippen molar-refractivity contribution in [1.82, 2.24) is 0 Å². The van der Waals surface area contributed by atoms with Crippen LogP contribution >= 0.6 is 0 Å². The maximum Gasteiger partial charge on any atom is 0.303 e. The highest BCUT2D eigenvalue weighted by Gasteiger charge is 2.51. The molecule has 45 heavy (non-hydrogen) atoms. The van der Waals surface area contributed by atoms with E-state index in [4.69, 9.17) is 23.7 Å². The summed E-state index contributed by atoms with van der Waals surface area (Å²) in [6.45, 7) is 2.80. The van der Waals surface area contributed by atoms with Crippen molar-refractivity contribution in [3.63, 3.8) is 0 Å². The molecule has 2 aromatic carbocycles. The number of hydrogen-bond acceptors (Lipinski definition) is 14. The SMILES string of the molecule is COc1cccc2c1C(=O)c1c(O)c3c(c(O)c1C2=O)CC(O)(C(=O)CO)CC3O[C@H]1C[C@H](OC(C)=O)[C@H](OC(C)=O)[C@H](C)O1. The molecule has 0 spiro atoms. The number of phenols is 2. The van der Waals surface area contributed by atoms with Crippen molar-refractivity contribution in [2.24, 2.45) is 0 Å². The van der Waals surface area contributed by atoms with Crippen LogP contribution in [-0.2, 0) is 39.8 Å². The van der Waals surface area contributed by atoms with E-state index >= 15 is 0 Å². The summed E-state index contributed by atoms with van der Waals surface area (Å²) in [6.07, 6.45) is -7.02. The molecule has 1 aliphatic heterocycles. The summed E-state index contributed by atoms with van der Waals surface area (Å²) in [7, 11) is 1.30. The second kappa shape index (κ2) is 11.9. The van der Waals surface area contributed by atoms with Crippen LogP contribution in [0.25, 0.3) is 0 Å². The number of aromatic hydroxyl groups is 2. The molecular weight excluding hydrogens is 596 g/mol. The Morgan fingerprint density at radius 2 is 1.67 bits per heavy atom. The van der Waals surface area contributed by atoms with Crippen LogP contribution in [0.5, 0.6) is 17.2 Å². The van der Waals surface area contributed by atoms with Crippen molar-refractivity contribution < 1.29 is 68.1 Å². The van der Waals surface area contributed by atoms with E-state index < -0.39 is 108 Å². The van der Waals surface area contributed by atoms with E-state index in [1.165, 1.54) is 39.2 Å². The van der Waals surface area contributed by atoms with Crippen LogP contribution in [0.3, 0.4) is 0 Å². The minimum absolute atomic E-state index is 0.0623. The maximum absolute atomic E-state index is 13.8. The Balaban J connectivity index is 1.62. The number of rotatable bonds is 7. The fourth-order valence-electron chi connectivity index (χ4n) is 6.36. The third kappa shape index (κ3) is 5.43. The second-order valence-corrected chi connectivity index (χ2v) is 11.2.